The van der Waals surface area contributed by atoms with Crippen LogP contribution >= 0.6 is 0 Å². The summed E-state index contributed by atoms with van der Waals surface area (Å²) in [6, 6.07) is 0.503. The van der Waals surface area contributed by atoms with Gasteiger partial charge in [-0.15, -0.1) is 0 Å². The highest BCUT2D eigenvalue weighted by Crippen LogP contribution is 2.20. The minimum Gasteiger partial charge on any atom is -0.298 e. The Morgan fingerprint density at radius 3 is 2.20 bits per heavy atom. The zero-order chi connectivity index (χ0) is 7.72. The van der Waals surface area contributed by atoms with E-state index in [0.29, 0.717) is 12.6 Å². The fourth-order valence-corrected chi connectivity index (χ4v) is 1.38. The van der Waals surface area contributed by atoms with Crippen molar-refractivity contribution in [1.82, 2.24) is 4.90 Å². The van der Waals surface area contributed by atoms with Crippen LogP contribution in [0.3, 0.4) is 0 Å². The number of rotatable bonds is 1. The molecule has 1 fully saturated rings. The molecule has 1 aliphatic rings. The molecule has 1 heterocycles. The molecule has 0 bridgehead atoms. The number of alkyl halides is 1. The lowest BCUT2D eigenvalue weighted by Crippen LogP contribution is -2.28. The van der Waals surface area contributed by atoms with Gasteiger partial charge in [0, 0.05) is 25.0 Å². The molecule has 0 radical (unpaired) electrons. The van der Waals surface area contributed by atoms with E-state index in [1.165, 1.54) is 0 Å². The average molecular weight is 145 g/mol. The zero-order valence-corrected chi connectivity index (χ0v) is 6.97. The molecule has 0 N–H and O–H groups in total. The molecule has 0 aromatic heterocycles. The van der Waals surface area contributed by atoms with Gasteiger partial charge in [-0.1, -0.05) is 6.92 Å². The Labute approximate surface area is 62.2 Å². The predicted octanol–water partition coefficient (Wildman–Crippen LogP) is 1.68. The number of likely N-dealkylation sites (tertiary alicyclic amines) is 1. The van der Waals surface area contributed by atoms with Gasteiger partial charge in [-0.3, -0.25) is 4.90 Å². The maximum Gasteiger partial charge on any atom is 0.116 e. The van der Waals surface area contributed by atoms with E-state index < -0.39 is 6.17 Å². The van der Waals surface area contributed by atoms with Gasteiger partial charge >= 0.3 is 0 Å². The monoisotopic (exact) mass is 145 g/mol. The van der Waals surface area contributed by atoms with Gasteiger partial charge in [0.05, 0.1) is 0 Å². The van der Waals surface area contributed by atoms with E-state index in [2.05, 4.69) is 18.7 Å². The summed E-state index contributed by atoms with van der Waals surface area (Å²) in [5.74, 6) is 0.238. The summed E-state index contributed by atoms with van der Waals surface area (Å²) in [5.41, 5.74) is 0. The van der Waals surface area contributed by atoms with E-state index in [1.54, 1.807) is 0 Å². The molecule has 0 spiro atoms. The normalized spacial score (nSPS) is 35.7. The van der Waals surface area contributed by atoms with Gasteiger partial charge in [0.2, 0.25) is 0 Å². The van der Waals surface area contributed by atoms with E-state index in [0.717, 1.165) is 6.54 Å². The molecule has 2 heteroatoms. The first kappa shape index (κ1) is 7.99. The van der Waals surface area contributed by atoms with E-state index in [1.807, 2.05) is 6.92 Å². The van der Waals surface area contributed by atoms with Crippen molar-refractivity contribution < 1.29 is 4.39 Å². The second-order valence-corrected chi connectivity index (χ2v) is 3.54. The summed E-state index contributed by atoms with van der Waals surface area (Å²) in [6.07, 6.45) is -0.595. The van der Waals surface area contributed by atoms with Gasteiger partial charge in [0.1, 0.15) is 6.17 Å². The molecule has 10 heavy (non-hydrogen) atoms. The molecule has 0 aromatic rings. The van der Waals surface area contributed by atoms with Crippen LogP contribution in [-0.2, 0) is 0 Å². The molecule has 2 atom stereocenters. The molecule has 1 aliphatic heterocycles. The van der Waals surface area contributed by atoms with Gasteiger partial charge in [-0.05, 0) is 13.8 Å². The summed E-state index contributed by atoms with van der Waals surface area (Å²) < 4.78 is 12.9. The van der Waals surface area contributed by atoms with Crippen molar-refractivity contribution in [1.29, 1.82) is 0 Å². The third-order valence-electron chi connectivity index (χ3n) is 2.28. The van der Waals surface area contributed by atoms with Gasteiger partial charge in [-0.25, -0.2) is 4.39 Å². The Bertz CT molecular complexity index is 104. The van der Waals surface area contributed by atoms with E-state index >= 15 is 0 Å². The van der Waals surface area contributed by atoms with Crippen LogP contribution in [0, 0.1) is 5.92 Å². The largest absolute Gasteiger partial charge is 0.298 e. The molecule has 1 rings (SSSR count). The first-order chi connectivity index (χ1) is 4.61. The van der Waals surface area contributed by atoms with Gasteiger partial charge < -0.3 is 0 Å². The van der Waals surface area contributed by atoms with Crippen LogP contribution in [0.15, 0.2) is 0 Å². The van der Waals surface area contributed by atoms with Gasteiger partial charge in [0.15, 0.2) is 0 Å². The van der Waals surface area contributed by atoms with Crippen molar-refractivity contribution in [3.8, 4) is 0 Å². The van der Waals surface area contributed by atoms with Crippen LogP contribution < -0.4 is 0 Å². The van der Waals surface area contributed by atoms with Crippen molar-refractivity contribution >= 4 is 0 Å². The molecule has 60 valence electrons. The summed E-state index contributed by atoms with van der Waals surface area (Å²) in [4.78, 5) is 2.19. The van der Waals surface area contributed by atoms with Crippen LogP contribution in [0.25, 0.3) is 0 Å². The summed E-state index contributed by atoms with van der Waals surface area (Å²) in [7, 11) is 0. The number of halogens is 1. The Balaban J connectivity index is 2.41. The Morgan fingerprint density at radius 1 is 1.40 bits per heavy atom. The number of nitrogens with zero attached hydrogens (tertiary/aromatic N) is 1. The summed E-state index contributed by atoms with van der Waals surface area (Å²) in [5, 5.41) is 0. The second kappa shape index (κ2) is 2.87. The smallest absolute Gasteiger partial charge is 0.116 e. The Kier molecular flexibility index (Phi) is 2.29. The van der Waals surface area contributed by atoms with Crippen molar-refractivity contribution in [3.63, 3.8) is 0 Å². The second-order valence-electron chi connectivity index (χ2n) is 3.54. The first-order valence-electron chi connectivity index (χ1n) is 3.99. The highest BCUT2D eigenvalue weighted by Gasteiger charge is 2.30. The van der Waals surface area contributed by atoms with Crippen LogP contribution in [-0.4, -0.2) is 30.2 Å². The highest BCUT2D eigenvalue weighted by atomic mass is 19.1. The van der Waals surface area contributed by atoms with Gasteiger partial charge in [0.25, 0.3) is 0 Å². The highest BCUT2D eigenvalue weighted by molar-refractivity contribution is 4.82. The molecule has 0 saturated carbocycles. The van der Waals surface area contributed by atoms with E-state index in [-0.39, 0.29) is 5.92 Å². The fourth-order valence-electron chi connectivity index (χ4n) is 1.38. The molecule has 0 amide bonds. The minimum atomic E-state index is -0.595. The van der Waals surface area contributed by atoms with Crippen LogP contribution in [0.5, 0.6) is 0 Å². The Hall–Kier alpha value is -0.110. The van der Waals surface area contributed by atoms with Crippen LogP contribution in [0.4, 0.5) is 4.39 Å². The van der Waals surface area contributed by atoms with Crippen molar-refractivity contribution in [2.24, 2.45) is 5.92 Å². The van der Waals surface area contributed by atoms with Crippen LogP contribution in [0.1, 0.15) is 20.8 Å². The standard InChI is InChI=1S/C8H16FN/c1-6(2)10-4-7(3)8(9)5-10/h6-8H,4-5H2,1-3H3/t7-,8+/m0/s1. The summed E-state index contributed by atoms with van der Waals surface area (Å²) >= 11 is 0. The van der Waals surface area contributed by atoms with Crippen molar-refractivity contribution in [2.45, 2.75) is 33.0 Å². The maximum atomic E-state index is 12.9. The SMILES string of the molecule is CC(C)N1C[C@@H](F)[C@@H](C)C1. The fraction of sp³-hybridized carbons (Fsp3) is 1.00. The molecule has 1 nitrogen and oxygen atoms in total. The predicted molar refractivity (Wildman–Crippen MR) is 40.8 cm³/mol. The number of hydrogen-bond donors (Lipinski definition) is 0. The first-order valence-corrected chi connectivity index (χ1v) is 3.99. The quantitative estimate of drug-likeness (QED) is 0.542. The molecule has 0 unspecified atom stereocenters. The lowest BCUT2D eigenvalue weighted by molar-refractivity contribution is 0.245. The van der Waals surface area contributed by atoms with E-state index in [9.17, 15) is 4.39 Å². The molecule has 0 aromatic carbocycles. The summed E-state index contributed by atoms with van der Waals surface area (Å²) in [6.45, 7) is 7.78. The average Bonchev–Trinajstić information content (AvgIpc) is 2.13. The maximum absolute atomic E-state index is 12.9. The van der Waals surface area contributed by atoms with Crippen molar-refractivity contribution in [2.75, 3.05) is 13.1 Å². The van der Waals surface area contributed by atoms with Gasteiger partial charge in [-0.2, -0.15) is 0 Å². The topological polar surface area (TPSA) is 3.24 Å². The zero-order valence-electron chi connectivity index (χ0n) is 6.97. The number of hydrogen-bond acceptors (Lipinski definition) is 1. The molecule has 1 saturated heterocycles. The van der Waals surface area contributed by atoms with Crippen molar-refractivity contribution in [3.05, 3.63) is 0 Å². The lowest BCUT2D eigenvalue weighted by atomic mass is 10.1. The third-order valence-corrected chi connectivity index (χ3v) is 2.28. The molecule has 0 aliphatic carbocycles. The molecular formula is C8H16FN. The third kappa shape index (κ3) is 1.48. The lowest BCUT2D eigenvalue weighted by Gasteiger charge is -2.18. The minimum absolute atomic E-state index is 0.238. The Morgan fingerprint density at radius 2 is 2.00 bits per heavy atom. The van der Waals surface area contributed by atoms with E-state index in [4.69, 9.17) is 0 Å². The van der Waals surface area contributed by atoms with Crippen LogP contribution in [0.2, 0.25) is 0 Å². The molecular weight excluding hydrogens is 129 g/mol.